The third-order valence-electron chi connectivity index (χ3n) is 4.30. The number of aromatic nitrogens is 1. The van der Waals surface area contributed by atoms with Crippen LogP contribution in [-0.4, -0.2) is 4.98 Å². The molecule has 3 rings (SSSR count). The SMILES string of the molecule is C[C@@H]1CCCC(c2nccc3c2C=CCC3)C1. The predicted octanol–water partition coefficient (Wildman–Crippen LogP) is 4.33. The van der Waals surface area contributed by atoms with Crippen molar-refractivity contribution in [2.45, 2.75) is 51.4 Å². The highest BCUT2D eigenvalue weighted by molar-refractivity contribution is 5.59. The fourth-order valence-electron chi connectivity index (χ4n) is 3.39. The first-order chi connectivity index (χ1) is 8.34. The van der Waals surface area contributed by atoms with Crippen LogP contribution in [0.25, 0.3) is 6.08 Å². The van der Waals surface area contributed by atoms with Crippen molar-refractivity contribution in [3.8, 4) is 0 Å². The molecule has 1 unspecified atom stereocenters. The van der Waals surface area contributed by atoms with E-state index < -0.39 is 0 Å². The molecule has 2 atom stereocenters. The van der Waals surface area contributed by atoms with Gasteiger partial charge in [0.05, 0.1) is 5.69 Å². The van der Waals surface area contributed by atoms with E-state index >= 15 is 0 Å². The van der Waals surface area contributed by atoms with E-state index in [-0.39, 0.29) is 0 Å². The molecular formula is C16H21N. The summed E-state index contributed by atoms with van der Waals surface area (Å²) in [5.74, 6) is 1.58. The highest BCUT2D eigenvalue weighted by Crippen LogP contribution is 2.38. The largest absolute Gasteiger partial charge is 0.260 e. The number of rotatable bonds is 1. The minimum Gasteiger partial charge on any atom is -0.260 e. The summed E-state index contributed by atoms with van der Waals surface area (Å²) in [5.41, 5.74) is 4.33. The minimum atomic E-state index is 0.705. The molecule has 0 aliphatic heterocycles. The first-order valence-electron chi connectivity index (χ1n) is 6.99. The normalized spacial score (nSPS) is 27.8. The first kappa shape index (κ1) is 11.0. The zero-order valence-electron chi connectivity index (χ0n) is 10.7. The summed E-state index contributed by atoms with van der Waals surface area (Å²) in [6.45, 7) is 2.39. The van der Waals surface area contributed by atoms with Crippen molar-refractivity contribution in [2.24, 2.45) is 5.92 Å². The number of nitrogens with zero attached hydrogens (tertiary/aromatic N) is 1. The van der Waals surface area contributed by atoms with Crippen molar-refractivity contribution in [3.63, 3.8) is 0 Å². The van der Waals surface area contributed by atoms with E-state index in [2.05, 4.69) is 25.1 Å². The second-order valence-electron chi connectivity index (χ2n) is 5.68. The zero-order chi connectivity index (χ0) is 11.7. The average Bonchev–Trinajstić information content (AvgIpc) is 2.38. The van der Waals surface area contributed by atoms with Crippen molar-refractivity contribution in [1.29, 1.82) is 0 Å². The maximum Gasteiger partial charge on any atom is 0.0509 e. The molecule has 17 heavy (non-hydrogen) atoms. The topological polar surface area (TPSA) is 12.9 Å². The van der Waals surface area contributed by atoms with Gasteiger partial charge in [-0.05, 0) is 48.8 Å². The van der Waals surface area contributed by atoms with Crippen LogP contribution in [0.4, 0.5) is 0 Å². The van der Waals surface area contributed by atoms with Gasteiger partial charge < -0.3 is 0 Å². The van der Waals surface area contributed by atoms with E-state index in [9.17, 15) is 0 Å². The van der Waals surface area contributed by atoms with Crippen LogP contribution in [0, 0.1) is 5.92 Å². The summed E-state index contributed by atoms with van der Waals surface area (Å²) in [6, 6.07) is 2.20. The van der Waals surface area contributed by atoms with Gasteiger partial charge in [0.2, 0.25) is 0 Å². The molecule has 2 aliphatic carbocycles. The Morgan fingerprint density at radius 2 is 2.24 bits per heavy atom. The van der Waals surface area contributed by atoms with Crippen LogP contribution in [0.5, 0.6) is 0 Å². The van der Waals surface area contributed by atoms with Gasteiger partial charge in [0.15, 0.2) is 0 Å². The van der Waals surface area contributed by atoms with Crippen molar-refractivity contribution >= 4 is 6.08 Å². The number of aryl methyl sites for hydroxylation is 1. The number of pyridine rings is 1. The Kier molecular flexibility index (Phi) is 3.00. The fourth-order valence-corrected chi connectivity index (χ4v) is 3.39. The van der Waals surface area contributed by atoms with Crippen LogP contribution in [0.15, 0.2) is 18.3 Å². The monoisotopic (exact) mass is 227 g/mol. The number of allylic oxidation sites excluding steroid dienone is 1. The summed E-state index contributed by atoms with van der Waals surface area (Å²) < 4.78 is 0. The van der Waals surface area contributed by atoms with Gasteiger partial charge in [-0.15, -0.1) is 0 Å². The van der Waals surface area contributed by atoms with E-state index in [0.717, 1.165) is 5.92 Å². The van der Waals surface area contributed by atoms with Crippen molar-refractivity contribution < 1.29 is 0 Å². The Labute approximate surface area is 104 Å². The average molecular weight is 227 g/mol. The van der Waals surface area contributed by atoms with Gasteiger partial charge in [0.1, 0.15) is 0 Å². The molecule has 0 saturated heterocycles. The molecule has 1 aromatic rings. The maximum absolute atomic E-state index is 4.70. The van der Waals surface area contributed by atoms with Gasteiger partial charge in [-0.25, -0.2) is 0 Å². The molecule has 1 saturated carbocycles. The Balaban J connectivity index is 1.95. The lowest BCUT2D eigenvalue weighted by Crippen LogP contribution is -2.15. The molecule has 0 bridgehead atoms. The van der Waals surface area contributed by atoms with Crippen LogP contribution in [0.3, 0.4) is 0 Å². The van der Waals surface area contributed by atoms with Crippen molar-refractivity contribution in [3.05, 3.63) is 35.2 Å². The summed E-state index contributed by atoms with van der Waals surface area (Å²) in [6.07, 6.45) is 14.5. The molecule has 1 aromatic heterocycles. The maximum atomic E-state index is 4.70. The van der Waals surface area contributed by atoms with E-state index in [4.69, 9.17) is 4.98 Å². The zero-order valence-corrected chi connectivity index (χ0v) is 10.7. The number of hydrogen-bond donors (Lipinski definition) is 0. The van der Waals surface area contributed by atoms with Gasteiger partial charge in [-0.3, -0.25) is 4.98 Å². The lowest BCUT2D eigenvalue weighted by atomic mass is 9.78. The Morgan fingerprint density at radius 1 is 1.29 bits per heavy atom. The summed E-state index contributed by atoms with van der Waals surface area (Å²) in [7, 11) is 0. The summed E-state index contributed by atoms with van der Waals surface area (Å²) in [4.78, 5) is 4.70. The molecule has 1 fully saturated rings. The second-order valence-corrected chi connectivity index (χ2v) is 5.68. The van der Waals surface area contributed by atoms with Crippen molar-refractivity contribution in [2.75, 3.05) is 0 Å². The number of hydrogen-bond acceptors (Lipinski definition) is 1. The van der Waals surface area contributed by atoms with Crippen LogP contribution in [-0.2, 0) is 6.42 Å². The van der Waals surface area contributed by atoms with Gasteiger partial charge in [-0.1, -0.05) is 31.9 Å². The molecule has 0 spiro atoms. The third kappa shape index (κ3) is 2.15. The first-order valence-corrected chi connectivity index (χ1v) is 6.99. The Bertz CT molecular complexity index is 433. The van der Waals surface area contributed by atoms with E-state index in [1.807, 2.05) is 6.20 Å². The highest BCUT2D eigenvalue weighted by Gasteiger charge is 2.24. The van der Waals surface area contributed by atoms with E-state index in [0.29, 0.717) is 5.92 Å². The molecule has 1 nitrogen and oxygen atoms in total. The van der Waals surface area contributed by atoms with Crippen LogP contribution >= 0.6 is 0 Å². The van der Waals surface area contributed by atoms with Gasteiger partial charge >= 0.3 is 0 Å². The number of fused-ring (bicyclic) bond motifs is 1. The lowest BCUT2D eigenvalue weighted by Gasteiger charge is -2.28. The smallest absolute Gasteiger partial charge is 0.0509 e. The second kappa shape index (κ2) is 4.64. The molecule has 0 N–H and O–H groups in total. The van der Waals surface area contributed by atoms with Gasteiger partial charge in [0.25, 0.3) is 0 Å². The van der Waals surface area contributed by atoms with Crippen LogP contribution in [0.1, 0.15) is 61.8 Å². The molecule has 0 radical (unpaired) electrons. The Hall–Kier alpha value is -1.11. The van der Waals surface area contributed by atoms with E-state index in [1.165, 1.54) is 55.3 Å². The minimum absolute atomic E-state index is 0.705. The molecule has 0 aromatic carbocycles. The van der Waals surface area contributed by atoms with Crippen molar-refractivity contribution in [1.82, 2.24) is 4.98 Å². The van der Waals surface area contributed by atoms with E-state index in [1.54, 1.807) is 0 Å². The molecule has 1 heteroatoms. The molecule has 1 heterocycles. The molecule has 2 aliphatic rings. The quantitative estimate of drug-likeness (QED) is 0.695. The predicted molar refractivity (Wildman–Crippen MR) is 72.0 cm³/mol. The van der Waals surface area contributed by atoms with Crippen LogP contribution in [0.2, 0.25) is 0 Å². The van der Waals surface area contributed by atoms with Crippen LogP contribution < -0.4 is 0 Å². The lowest BCUT2D eigenvalue weighted by molar-refractivity contribution is 0.339. The Morgan fingerprint density at radius 3 is 3.12 bits per heavy atom. The molecular weight excluding hydrogens is 206 g/mol. The summed E-state index contributed by atoms with van der Waals surface area (Å²) >= 11 is 0. The highest BCUT2D eigenvalue weighted by atomic mass is 14.7. The van der Waals surface area contributed by atoms with Gasteiger partial charge in [0, 0.05) is 12.1 Å². The molecule has 0 amide bonds. The summed E-state index contributed by atoms with van der Waals surface area (Å²) in [5, 5.41) is 0. The third-order valence-corrected chi connectivity index (χ3v) is 4.30. The van der Waals surface area contributed by atoms with Gasteiger partial charge in [-0.2, -0.15) is 0 Å². The standard InChI is InChI=1S/C16H21N/c1-12-5-4-7-14(11-12)16-15-8-3-2-6-13(15)9-10-17-16/h3,8-10,12,14H,2,4-7,11H2,1H3/t12-,14?/m1/s1. The molecule has 90 valence electrons. The fraction of sp³-hybridized carbons (Fsp3) is 0.562.